The lowest BCUT2D eigenvalue weighted by Crippen LogP contribution is -2.32. The van der Waals surface area contributed by atoms with Crippen molar-refractivity contribution in [1.29, 1.82) is 0 Å². The molecule has 0 bridgehead atoms. The molecule has 0 aliphatic carbocycles. The molecule has 0 unspecified atom stereocenters. The molecule has 0 radical (unpaired) electrons. The highest BCUT2D eigenvalue weighted by molar-refractivity contribution is 8.18. The van der Waals surface area contributed by atoms with E-state index < -0.39 is 4.92 Å². The summed E-state index contributed by atoms with van der Waals surface area (Å²) in [5, 5.41) is 10.4. The molecule has 10 heteroatoms. The van der Waals surface area contributed by atoms with Crippen molar-refractivity contribution in [3.63, 3.8) is 0 Å². The number of amides is 2. The van der Waals surface area contributed by atoms with Crippen molar-refractivity contribution in [2.75, 3.05) is 20.3 Å². The van der Waals surface area contributed by atoms with Crippen molar-refractivity contribution < 1.29 is 28.7 Å². The molecule has 1 saturated heterocycles. The lowest BCUT2D eigenvalue weighted by molar-refractivity contribution is -0.384. The Balaban J connectivity index is 1.39. The smallest absolute Gasteiger partial charge is 0.293 e. The van der Waals surface area contributed by atoms with Crippen molar-refractivity contribution in [3.8, 4) is 17.2 Å². The van der Waals surface area contributed by atoms with Crippen LogP contribution in [-0.4, -0.2) is 41.2 Å². The summed E-state index contributed by atoms with van der Waals surface area (Å²) in [5.74, 6) is 1.21. The van der Waals surface area contributed by atoms with Crippen LogP contribution in [0.5, 0.6) is 17.2 Å². The molecule has 184 valence electrons. The van der Waals surface area contributed by atoms with E-state index >= 15 is 0 Å². The lowest BCUT2D eigenvalue weighted by atomic mass is 10.1. The number of thioether (sulfide) groups is 1. The largest absolute Gasteiger partial charge is 0.493 e. The Morgan fingerprint density at radius 2 is 1.72 bits per heavy atom. The van der Waals surface area contributed by atoms with E-state index in [2.05, 4.69) is 0 Å². The number of nitrogens with zero attached hydrogens (tertiary/aromatic N) is 2. The van der Waals surface area contributed by atoms with Crippen LogP contribution in [0.1, 0.15) is 11.1 Å². The Bertz CT molecular complexity index is 1290. The number of benzene rings is 3. The average molecular weight is 507 g/mol. The number of hydrogen-bond donors (Lipinski definition) is 0. The summed E-state index contributed by atoms with van der Waals surface area (Å²) >= 11 is 0.874. The van der Waals surface area contributed by atoms with Crippen LogP contribution in [0.15, 0.2) is 77.7 Å². The van der Waals surface area contributed by atoms with Crippen LogP contribution in [-0.2, 0) is 11.4 Å². The van der Waals surface area contributed by atoms with Crippen molar-refractivity contribution in [1.82, 2.24) is 4.90 Å². The summed E-state index contributed by atoms with van der Waals surface area (Å²) in [7, 11) is 1.50. The Kier molecular flexibility index (Phi) is 7.86. The minimum atomic E-state index is -0.459. The number of carbonyl (C=O) groups is 2. The minimum absolute atomic E-state index is 0.00816. The van der Waals surface area contributed by atoms with Gasteiger partial charge in [0.2, 0.25) is 0 Å². The van der Waals surface area contributed by atoms with E-state index in [1.807, 2.05) is 18.2 Å². The van der Waals surface area contributed by atoms with Crippen molar-refractivity contribution in [2.24, 2.45) is 0 Å². The summed E-state index contributed by atoms with van der Waals surface area (Å²) in [4.78, 5) is 36.9. The first-order chi connectivity index (χ1) is 17.4. The number of rotatable bonds is 10. The number of non-ortho nitro benzene ring substituents is 1. The summed E-state index contributed by atoms with van der Waals surface area (Å²) in [6.45, 7) is 0.539. The van der Waals surface area contributed by atoms with E-state index in [0.717, 1.165) is 17.3 Å². The van der Waals surface area contributed by atoms with E-state index in [4.69, 9.17) is 14.2 Å². The van der Waals surface area contributed by atoms with Crippen molar-refractivity contribution >= 4 is 34.7 Å². The molecular formula is C26H22N2O7S. The van der Waals surface area contributed by atoms with Crippen molar-refractivity contribution in [3.05, 3.63) is 98.9 Å². The van der Waals surface area contributed by atoms with Gasteiger partial charge < -0.3 is 14.2 Å². The normalized spacial score (nSPS) is 14.2. The molecule has 2 amide bonds. The third kappa shape index (κ3) is 6.02. The van der Waals surface area contributed by atoms with Crippen LogP contribution >= 0.6 is 11.8 Å². The Labute approximate surface area is 211 Å². The van der Waals surface area contributed by atoms with Crippen LogP contribution in [0.4, 0.5) is 10.5 Å². The summed E-state index contributed by atoms with van der Waals surface area (Å²) in [6.07, 6.45) is 1.63. The van der Waals surface area contributed by atoms with Crippen LogP contribution in [0, 0.1) is 10.1 Å². The molecule has 0 N–H and O–H groups in total. The zero-order valence-corrected chi connectivity index (χ0v) is 20.1. The van der Waals surface area contributed by atoms with Crippen molar-refractivity contribution in [2.45, 2.75) is 6.61 Å². The highest BCUT2D eigenvalue weighted by Gasteiger charge is 2.34. The molecule has 4 rings (SSSR count). The first-order valence-corrected chi connectivity index (χ1v) is 11.7. The molecule has 0 aromatic heterocycles. The second kappa shape index (κ2) is 11.4. The van der Waals surface area contributed by atoms with Gasteiger partial charge in [0.15, 0.2) is 11.5 Å². The molecule has 0 atom stereocenters. The van der Waals surface area contributed by atoms with Crippen LogP contribution < -0.4 is 14.2 Å². The van der Waals surface area contributed by atoms with Gasteiger partial charge in [0.25, 0.3) is 16.8 Å². The molecule has 3 aromatic rings. The SMILES string of the molecule is COc1cc(/C=C2\SC(=O)N(CCOc3ccccc3)C2=O)ccc1OCc1ccc([N+](=O)[O-])cc1. The van der Waals surface area contributed by atoms with Gasteiger partial charge in [-0.15, -0.1) is 0 Å². The Hall–Kier alpha value is -4.31. The van der Waals surface area contributed by atoms with E-state index in [0.29, 0.717) is 27.7 Å². The third-order valence-electron chi connectivity index (χ3n) is 5.23. The fourth-order valence-electron chi connectivity index (χ4n) is 3.38. The highest BCUT2D eigenvalue weighted by Crippen LogP contribution is 2.34. The number of para-hydroxylation sites is 1. The minimum Gasteiger partial charge on any atom is -0.493 e. The monoisotopic (exact) mass is 506 g/mol. The van der Waals surface area contributed by atoms with Crippen LogP contribution in [0.2, 0.25) is 0 Å². The van der Waals surface area contributed by atoms with Crippen LogP contribution in [0.25, 0.3) is 6.08 Å². The number of carbonyl (C=O) groups excluding carboxylic acids is 2. The Morgan fingerprint density at radius 1 is 0.972 bits per heavy atom. The van der Waals surface area contributed by atoms with Crippen LogP contribution in [0.3, 0.4) is 0 Å². The molecule has 1 heterocycles. The number of imide groups is 1. The van der Waals surface area contributed by atoms with Gasteiger partial charge in [-0.2, -0.15) is 0 Å². The number of hydrogen-bond acceptors (Lipinski definition) is 8. The van der Waals surface area contributed by atoms with Gasteiger partial charge in [-0.1, -0.05) is 24.3 Å². The number of nitro groups is 1. The zero-order chi connectivity index (χ0) is 25.5. The van der Waals surface area contributed by atoms with E-state index in [-0.39, 0.29) is 36.6 Å². The van der Waals surface area contributed by atoms with Gasteiger partial charge in [0, 0.05) is 12.1 Å². The molecule has 0 spiro atoms. The molecule has 9 nitrogen and oxygen atoms in total. The fourth-order valence-corrected chi connectivity index (χ4v) is 4.25. The predicted molar refractivity (Wildman–Crippen MR) is 135 cm³/mol. The maximum atomic E-state index is 12.8. The van der Waals surface area contributed by atoms with Gasteiger partial charge in [0.05, 0.1) is 23.5 Å². The number of methoxy groups -OCH3 is 1. The molecule has 1 aliphatic heterocycles. The summed E-state index contributed by atoms with van der Waals surface area (Å²) in [5.41, 5.74) is 1.44. The standard InChI is InChI=1S/C26H22N2O7S/c1-33-23-15-19(9-12-22(23)35-17-18-7-10-20(11-8-18)28(31)32)16-24-25(29)27(26(30)36-24)13-14-34-21-5-3-2-4-6-21/h2-12,15-16H,13-14,17H2,1H3/b24-16-. The van der Waals surface area contributed by atoms with E-state index in [9.17, 15) is 19.7 Å². The zero-order valence-electron chi connectivity index (χ0n) is 19.3. The van der Waals surface area contributed by atoms with Gasteiger partial charge in [-0.05, 0) is 65.4 Å². The van der Waals surface area contributed by atoms with Gasteiger partial charge >= 0.3 is 0 Å². The summed E-state index contributed by atoms with van der Waals surface area (Å²) < 4.78 is 16.8. The third-order valence-corrected chi connectivity index (χ3v) is 6.13. The van der Waals surface area contributed by atoms with E-state index in [1.165, 1.54) is 24.1 Å². The van der Waals surface area contributed by atoms with Gasteiger partial charge in [-0.3, -0.25) is 24.6 Å². The molecule has 0 saturated carbocycles. The number of ether oxygens (including phenoxy) is 3. The first-order valence-electron chi connectivity index (χ1n) is 10.9. The average Bonchev–Trinajstić information content (AvgIpc) is 3.16. The molecular weight excluding hydrogens is 484 g/mol. The molecule has 36 heavy (non-hydrogen) atoms. The molecule has 1 aliphatic rings. The highest BCUT2D eigenvalue weighted by atomic mass is 32.2. The predicted octanol–water partition coefficient (Wildman–Crippen LogP) is 5.30. The lowest BCUT2D eigenvalue weighted by Gasteiger charge is -2.13. The second-order valence-corrected chi connectivity index (χ2v) is 8.61. The second-order valence-electron chi connectivity index (χ2n) is 7.62. The topological polar surface area (TPSA) is 108 Å². The molecule has 1 fully saturated rings. The quantitative estimate of drug-likeness (QED) is 0.207. The van der Waals surface area contributed by atoms with Gasteiger partial charge in [0.1, 0.15) is 19.0 Å². The number of nitro benzene ring substituents is 1. The van der Waals surface area contributed by atoms with Gasteiger partial charge in [-0.25, -0.2) is 0 Å². The van der Waals surface area contributed by atoms with E-state index in [1.54, 1.807) is 48.5 Å². The Morgan fingerprint density at radius 3 is 2.42 bits per heavy atom. The first kappa shape index (κ1) is 24.8. The maximum Gasteiger partial charge on any atom is 0.293 e. The molecule has 3 aromatic carbocycles. The maximum absolute atomic E-state index is 12.8. The summed E-state index contributed by atoms with van der Waals surface area (Å²) in [6, 6.07) is 20.4. The fraction of sp³-hybridized carbons (Fsp3) is 0.154.